The number of hydrogen-bond acceptors (Lipinski definition) is 2. The monoisotopic (exact) mass is 586 g/mol. The quantitative estimate of drug-likeness (QED) is 0.194. The molecule has 0 aliphatic rings. The van der Waals surface area contributed by atoms with Crippen LogP contribution in [0.5, 0.6) is 0 Å². The first-order chi connectivity index (χ1) is 22.8. The van der Waals surface area contributed by atoms with E-state index in [1.54, 1.807) is 0 Å². The third-order valence-corrected chi connectivity index (χ3v) is 8.53. The molecule has 2 nitrogen and oxygen atoms in total. The standard InChI is InChI=1S/C44H30N2/c1-3-11-31(12-4-1)35-15-9-17-37(27-35)38-24-25-43-41(29-38)40(33-20-22-34(23-21-33)42-19-7-8-26-45-42)30-44(46-43)39-18-10-16-36(28-39)32-13-5-2-6-14-32/h1-30H. The molecule has 0 radical (unpaired) electrons. The van der Waals surface area contributed by atoms with Crippen LogP contribution in [0.1, 0.15) is 0 Å². The molecule has 0 spiro atoms. The summed E-state index contributed by atoms with van der Waals surface area (Å²) in [5.74, 6) is 0. The predicted octanol–water partition coefficient (Wildman–Crippen LogP) is 11.6. The fourth-order valence-corrected chi connectivity index (χ4v) is 6.14. The van der Waals surface area contributed by atoms with E-state index in [2.05, 4.69) is 163 Å². The molecule has 0 aliphatic carbocycles. The molecule has 216 valence electrons. The number of pyridine rings is 2. The van der Waals surface area contributed by atoms with E-state index >= 15 is 0 Å². The minimum atomic E-state index is 0.952. The van der Waals surface area contributed by atoms with Gasteiger partial charge < -0.3 is 0 Å². The van der Waals surface area contributed by atoms with Crippen LogP contribution >= 0.6 is 0 Å². The van der Waals surface area contributed by atoms with Crippen molar-refractivity contribution in [1.29, 1.82) is 0 Å². The zero-order chi connectivity index (χ0) is 30.7. The van der Waals surface area contributed by atoms with Crippen molar-refractivity contribution in [2.24, 2.45) is 0 Å². The lowest BCUT2D eigenvalue weighted by atomic mass is 9.93. The maximum Gasteiger partial charge on any atom is 0.0716 e. The van der Waals surface area contributed by atoms with Crippen LogP contribution in [-0.2, 0) is 0 Å². The van der Waals surface area contributed by atoms with Crippen LogP contribution in [0.4, 0.5) is 0 Å². The molecule has 0 fully saturated rings. The van der Waals surface area contributed by atoms with Gasteiger partial charge in [-0.25, -0.2) is 4.98 Å². The van der Waals surface area contributed by atoms with E-state index in [1.807, 2.05) is 24.4 Å². The molecule has 0 saturated carbocycles. The Bertz CT molecular complexity index is 2270. The summed E-state index contributed by atoms with van der Waals surface area (Å²) < 4.78 is 0. The van der Waals surface area contributed by atoms with Crippen molar-refractivity contribution in [2.45, 2.75) is 0 Å². The summed E-state index contributed by atoms with van der Waals surface area (Å²) in [6.45, 7) is 0. The van der Waals surface area contributed by atoms with E-state index < -0.39 is 0 Å². The van der Waals surface area contributed by atoms with Gasteiger partial charge in [0.25, 0.3) is 0 Å². The van der Waals surface area contributed by atoms with Gasteiger partial charge in [-0.1, -0.05) is 133 Å². The van der Waals surface area contributed by atoms with Crippen molar-refractivity contribution in [2.75, 3.05) is 0 Å². The molecule has 0 N–H and O–H groups in total. The molecule has 8 aromatic rings. The normalized spacial score (nSPS) is 11.0. The summed E-state index contributed by atoms with van der Waals surface area (Å²) in [6.07, 6.45) is 1.84. The Balaban J connectivity index is 1.27. The van der Waals surface area contributed by atoms with Crippen LogP contribution in [0.3, 0.4) is 0 Å². The highest BCUT2D eigenvalue weighted by molar-refractivity contribution is 5.99. The van der Waals surface area contributed by atoms with E-state index in [0.717, 1.165) is 50.1 Å². The van der Waals surface area contributed by atoms with Gasteiger partial charge in [-0.05, 0) is 87.0 Å². The molecule has 2 aromatic heterocycles. The van der Waals surface area contributed by atoms with Crippen molar-refractivity contribution in [3.05, 3.63) is 182 Å². The van der Waals surface area contributed by atoms with Gasteiger partial charge in [-0.3, -0.25) is 4.98 Å². The van der Waals surface area contributed by atoms with E-state index in [4.69, 9.17) is 4.98 Å². The molecule has 8 rings (SSSR count). The van der Waals surface area contributed by atoms with Gasteiger partial charge in [-0.15, -0.1) is 0 Å². The van der Waals surface area contributed by atoms with Gasteiger partial charge in [0.05, 0.1) is 16.9 Å². The molecule has 6 aromatic carbocycles. The average molecular weight is 587 g/mol. The highest BCUT2D eigenvalue weighted by Gasteiger charge is 2.13. The second-order valence-electron chi connectivity index (χ2n) is 11.5. The molecular formula is C44H30N2. The number of hydrogen-bond donors (Lipinski definition) is 0. The molecular weight excluding hydrogens is 556 g/mol. The van der Waals surface area contributed by atoms with Gasteiger partial charge >= 0.3 is 0 Å². The van der Waals surface area contributed by atoms with Crippen LogP contribution in [0.25, 0.3) is 77.9 Å². The van der Waals surface area contributed by atoms with Gasteiger partial charge in [0.15, 0.2) is 0 Å². The van der Waals surface area contributed by atoms with Crippen LogP contribution < -0.4 is 0 Å². The van der Waals surface area contributed by atoms with Crippen LogP contribution in [0.2, 0.25) is 0 Å². The lowest BCUT2D eigenvalue weighted by molar-refractivity contribution is 1.33. The maximum absolute atomic E-state index is 5.22. The number of nitrogens with zero attached hydrogens (tertiary/aromatic N) is 2. The summed E-state index contributed by atoms with van der Waals surface area (Å²) >= 11 is 0. The molecule has 0 bridgehead atoms. The second kappa shape index (κ2) is 12.1. The fourth-order valence-electron chi connectivity index (χ4n) is 6.14. The minimum absolute atomic E-state index is 0.952. The van der Waals surface area contributed by atoms with Crippen molar-refractivity contribution in [3.8, 4) is 67.0 Å². The number of benzene rings is 6. The summed E-state index contributed by atoms with van der Waals surface area (Å²) in [6, 6.07) is 62.1. The second-order valence-corrected chi connectivity index (χ2v) is 11.5. The highest BCUT2D eigenvalue weighted by Crippen LogP contribution is 2.37. The largest absolute Gasteiger partial charge is 0.256 e. The van der Waals surface area contributed by atoms with Gasteiger partial charge in [0.1, 0.15) is 0 Å². The molecule has 0 unspecified atom stereocenters. The third kappa shape index (κ3) is 5.49. The SMILES string of the molecule is c1ccc(-c2cccc(-c3ccc4nc(-c5cccc(-c6ccccc6)c5)cc(-c5ccc(-c6ccccn6)cc5)c4c3)c2)cc1. The Morgan fingerprint density at radius 1 is 0.304 bits per heavy atom. The Hall–Kier alpha value is -6.12. The molecule has 0 atom stereocenters. The van der Waals surface area contributed by atoms with E-state index in [-0.39, 0.29) is 0 Å². The first kappa shape index (κ1) is 27.4. The summed E-state index contributed by atoms with van der Waals surface area (Å²) in [5.41, 5.74) is 14.5. The van der Waals surface area contributed by atoms with Gasteiger partial charge in [0.2, 0.25) is 0 Å². The smallest absolute Gasteiger partial charge is 0.0716 e. The van der Waals surface area contributed by atoms with Gasteiger partial charge in [0, 0.05) is 22.7 Å². The first-order valence-electron chi connectivity index (χ1n) is 15.6. The molecule has 0 saturated heterocycles. The highest BCUT2D eigenvalue weighted by atomic mass is 14.7. The summed E-state index contributed by atoms with van der Waals surface area (Å²) in [4.78, 5) is 9.77. The van der Waals surface area contributed by atoms with Crippen LogP contribution in [-0.4, -0.2) is 9.97 Å². The lowest BCUT2D eigenvalue weighted by Gasteiger charge is -2.14. The Labute approximate surface area is 269 Å². The predicted molar refractivity (Wildman–Crippen MR) is 192 cm³/mol. The van der Waals surface area contributed by atoms with Gasteiger partial charge in [-0.2, -0.15) is 0 Å². The summed E-state index contributed by atoms with van der Waals surface area (Å²) in [5, 5.41) is 1.12. The third-order valence-electron chi connectivity index (χ3n) is 8.53. The van der Waals surface area contributed by atoms with Crippen molar-refractivity contribution in [1.82, 2.24) is 9.97 Å². The Kier molecular flexibility index (Phi) is 7.22. The topological polar surface area (TPSA) is 25.8 Å². The number of aromatic nitrogens is 2. The van der Waals surface area contributed by atoms with E-state index in [0.29, 0.717) is 0 Å². The zero-order valence-corrected chi connectivity index (χ0v) is 25.2. The molecule has 46 heavy (non-hydrogen) atoms. The van der Waals surface area contributed by atoms with Crippen molar-refractivity contribution >= 4 is 10.9 Å². The van der Waals surface area contributed by atoms with E-state index in [1.165, 1.54) is 27.8 Å². The minimum Gasteiger partial charge on any atom is -0.256 e. The molecule has 2 heterocycles. The zero-order valence-electron chi connectivity index (χ0n) is 25.2. The molecule has 0 amide bonds. The fraction of sp³-hybridized carbons (Fsp3) is 0. The first-order valence-corrected chi connectivity index (χ1v) is 15.6. The van der Waals surface area contributed by atoms with Crippen LogP contribution in [0.15, 0.2) is 182 Å². The Morgan fingerprint density at radius 3 is 1.48 bits per heavy atom. The van der Waals surface area contributed by atoms with Crippen molar-refractivity contribution in [3.63, 3.8) is 0 Å². The number of rotatable bonds is 6. The molecule has 0 aliphatic heterocycles. The summed E-state index contributed by atoms with van der Waals surface area (Å²) in [7, 11) is 0. The average Bonchev–Trinajstić information content (AvgIpc) is 3.15. The van der Waals surface area contributed by atoms with Crippen LogP contribution in [0, 0.1) is 0 Å². The molecule has 2 heteroatoms. The van der Waals surface area contributed by atoms with E-state index in [9.17, 15) is 0 Å². The maximum atomic E-state index is 5.22. The Morgan fingerprint density at radius 2 is 0.826 bits per heavy atom. The van der Waals surface area contributed by atoms with Crippen molar-refractivity contribution < 1.29 is 0 Å². The number of fused-ring (bicyclic) bond motifs is 1. The lowest BCUT2D eigenvalue weighted by Crippen LogP contribution is -1.92.